The van der Waals surface area contributed by atoms with Gasteiger partial charge in [-0.15, -0.1) is 0 Å². The standard InChI is InChI=1S/C22H31NO2/c1-15(2)23(16(3)4)20-8-6-7-18(14-20)13-17(5)22(25)19-9-11-21(24)12-10-19/h6-12,14-17,22,24-25H,13H2,1-5H3. The van der Waals surface area contributed by atoms with E-state index in [9.17, 15) is 10.2 Å². The van der Waals surface area contributed by atoms with Crippen LogP contribution in [-0.2, 0) is 6.42 Å². The summed E-state index contributed by atoms with van der Waals surface area (Å²) in [6, 6.07) is 16.3. The SMILES string of the molecule is CC(Cc1cccc(N(C(C)C)C(C)C)c1)C(O)c1ccc(O)cc1. The third kappa shape index (κ3) is 4.99. The summed E-state index contributed by atoms with van der Waals surface area (Å²) >= 11 is 0. The lowest BCUT2D eigenvalue weighted by atomic mass is 9.91. The number of hydrogen-bond donors (Lipinski definition) is 2. The Bertz CT molecular complexity index is 656. The molecule has 2 rings (SSSR count). The predicted octanol–water partition coefficient (Wildman–Crippen LogP) is 4.93. The monoisotopic (exact) mass is 341 g/mol. The van der Waals surface area contributed by atoms with E-state index in [0.29, 0.717) is 12.1 Å². The molecule has 2 N–H and O–H groups in total. The van der Waals surface area contributed by atoms with Gasteiger partial charge in [-0.05, 0) is 75.4 Å². The molecular formula is C22H31NO2. The first kappa shape index (κ1) is 19.3. The summed E-state index contributed by atoms with van der Waals surface area (Å²) in [6.45, 7) is 10.9. The van der Waals surface area contributed by atoms with Crippen LogP contribution in [0.15, 0.2) is 48.5 Å². The molecule has 2 aromatic carbocycles. The van der Waals surface area contributed by atoms with Gasteiger partial charge in [0.25, 0.3) is 0 Å². The molecule has 3 nitrogen and oxygen atoms in total. The van der Waals surface area contributed by atoms with Crippen LogP contribution in [0.3, 0.4) is 0 Å². The highest BCUT2D eigenvalue weighted by atomic mass is 16.3. The topological polar surface area (TPSA) is 43.7 Å². The van der Waals surface area contributed by atoms with E-state index in [-0.39, 0.29) is 11.7 Å². The predicted molar refractivity (Wildman–Crippen MR) is 105 cm³/mol. The van der Waals surface area contributed by atoms with Crippen molar-refractivity contribution in [2.75, 3.05) is 4.90 Å². The van der Waals surface area contributed by atoms with Gasteiger partial charge in [-0.1, -0.05) is 31.2 Å². The number of hydrogen-bond acceptors (Lipinski definition) is 3. The van der Waals surface area contributed by atoms with Gasteiger partial charge < -0.3 is 15.1 Å². The van der Waals surface area contributed by atoms with Gasteiger partial charge in [0.15, 0.2) is 0 Å². The summed E-state index contributed by atoms with van der Waals surface area (Å²) < 4.78 is 0. The maximum Gasteiger partial charge on any atom is 0.115 e. The van der Waals surface area contributed by atoms with Crippen LogP contribution in [0, 0.1) is 5.92 Å². The number of benzene rings is 2. The smallest absolute Gasteiger partial charge is 0.115 e. The second kappa shape index (κ2) is 8.39. The number of aliphatic hydroxyl groups is 1. The van der Waals surface area contributed by atoms with E-state index in [1.54, 1.807) is 24.3 Å². The van der Waals surface area contributed by atoms with Gasteiger partial charge in [0, 0.05) is 17.8 Å². The van der Waals surface area contributed by atoms with E-state index in [1.165, 1.54) is 11.3 Å². The van der Waals surface area contributed by atoms with Crippen LogP contribution in [-0.4, -0.2) is 22.3 Å². The van der Waals surface area contributed by atoms with Crippen molar-refractivity contribution in [3.63, 3.8) is 0 Å². The van der Waals surface area contributed by atoms with Crippen molar-refractivity contribution in [1.29, 1.82) is 0 Å². The minimum absolute atomic E-state index is 0.0892. The minimum atomic E-state index is -0.546. The second-order valence-corrected chi connectivity index (χ2v) is 7.48. The quantitative estimate of drug-likeness (QED) is 0.750. The van der Waals surface area contributed by atoms with Crippen LogP contribution < -0.4 is 4.90 Å². The molecule has 2 unspecified atom stereocenters. The number of aromatic hydroxyl groups is 1. The molecule has 0 aliphatic rings. The number of anilines is 1. The molecule has 0 bridgehead atoms. The van der Waals surface area contributed by atoms with Crippen LogP contribution in [0.5, 0.6) is 5.75 Å². The molecule has 0 aliphatic heterocycles. The van der Waals surface area contributed by atoms with E-state index >= 15 is 0 Å². The van der Waals surface area contributed by atoms with Crippen molar-refractivity contribution >= 4 is 5.69 Å². The molecule has 0 aromatic heterocycles. The van der Waals surface area contributed by atoms with Crippen LogP contribution in [0.2, 0.25) is 0 Å². The van der Waals surface area contributed by atoms with Gasteiger partial charge in [0.2, 0.25) is 0 Å². The van der Waals surface area contributed by atoms with E-state index < -0.39 is 6.10 Å². The number of phenolic OH excluding ortho intramolecular Hbond substituents is 1. The van der Waals surface area contributed by atoms with Gasteiger partial charge in [0.05, 0.1) is 6.10 Å². The van der Waals surface area contributed by atoms with Crippen LogP contribution in [0.1, 0.15) is 51.8 Å². The summed E-state index contributed by atoms with van der Waals surface area (Å²) in [6.07, 6.45) is 0.260. The molecule has 136 valence electrons. The Kier molecular flexibility index (Phi) is 6.49. The Labute approximate surface area is 151 Å². The zero-order valence-corrected chi connectivity index (χ0v) is 16.0. The zero-order chi connectivity index (χ0) is 18.6. The molecule has 3 heteroatoms. The highest BCUT2D eigenvalue weighted by Gasteiger charge is 2.18. The molecule has 0 spiro atoms. The number of phenols is 1. The van der Waals surface area contributed by atoms with Crippen LogP contribution in [0.4, 0.5) is 5.69 Å². The molecule has 0 aliphatic carbocycles. The summed E-state index contributed by atoms with van der Waals surface area (Å²) in [4.78, 5) is 2.41. The number of rotatable bonds is 7. The van der Waals surface area contributed by atoms with Crippen molar-refractivity contribution in [2.45, 2.75) is 59.2 Å². The van der Waals surface area contributed by atoms with Gasteiger partial charge in [-0.25, -0.2) is 0 Å². The number of nitrogens with zero attached hydrogens (tertiary/aromatic N) is 1. The number of aliphatic hydroxyl groups excluding tert-OH is 1. The lowest BCUT2D eigenvalue weighted by molar-refractivity contribution is 0.117. The third-order valence-corrected chi connectivity index (χ3v) is 4.65. The van der Waals surface area contributed by atoms with Crippen molar-refractivity contribution in [1.82, 2.24) is 0 Å². The van der Waals surface area contributed by atoms with Gasteiger partial charge in [-0.3, -0.25) is 0 Å². The second-order valence-electron chi connectivity index (χ2n) is 7.48. The van der Waals surface area contributed by atoms with Gasteiger partial charge >= 0.3 is 0 Å². The molecule has 0 fully saturated rings. The van der Waals surface area contributed by atoms with Crippen molar-refractivity contribution < 1.29 is 10.2 Å². The Morgan fingerprint density at radius 2 is 1.48 bits per heavy atom. The van der Waals surface area contributed by atoms with E-state index in [2.05, 4.69) is 63.8 Å². The van der Waals surface area contributed by atoms with Gasteiger partial charge in [0.1, 0.15) is 5.75 Å². The Morgan fingerprint density at radius 3 is 2.04 bits per heavy atom. The van der Waals surface area contributed by atoms with Gasteiger partial charge in [-0.2, -0.15) is 0 Å². The maximum atomic E-state index is 10.6. The normalized spacial score (nSPS) is 13.9. The fourth-order valence-corrected chi connectivity index (χ4v) is 3.52. The molecule has 2 atom stereocenters. The average Bonchev–Trinajstić information content (AvgIpc) is 2.54. The Balaban J connectivity index is 2.14. The van der Waals surface area contributed by atoms with E-state index in [0.717, 1.165) is 12.0 Å². The largest absolute Gasteiger partial charge is 0.508 e. The first-order valence-electron chi connectivity index (χ1n) is 9.14. The zero-order valence-electron chi connectivity index (χ0n) is 16.0. The summed E-state index contributed by atoms with van der Waals surface area (Å²) in [5.41, 5.74) is 3.30. The molecule has 0 heterocycles. The van der Waals surface area contributed by atoms with Crippen LogP contribution >= 0.6 is 0 Å². The Hall–Kier alpha value is -2.00. The molecule has 0 saturated carbocycles. The first-order valence-corrected chi connectivity index (χ1v) is 9.14. The fraction of sp³-hybridized carbons (Fsp3) is 0.455. The Morgan fingerprint density at radius 1 is 0.880 bits per heavy atom. The highest BCUT2D eigenvalue weighted by Crippen LogP contribution is 2.28. The minimum Gasteiger partial charge on any atom is -0.508 e. The summed E-state index contributed by atoms with van der Waals surface area (Å²) in [5.74, 6) is 0.310. The highest BCUT2D eigenvalue weighted by molar-refractivity contribution is 5.50. The first-order chi connectivity index (χ1) is 11.8. The lowest BCUT2D eigenvalue weighted by Crippen LogP contribution is -2.37. The summed E-state index contributed by atoms with van der Waals surface area (Å²) in [5, 5.41) is 20.0. The maximum absolute atomic E-state index is 10.6. The van der Waals surface area contributed by atoms with Crippen molar-refractivity contribution in [3.8, 4) is 5.75 Å². The van der Waals surface area contributed by atoms with Crippen LogP contribution in [0.25, 0.3) is 0 Å². The average molecular weight is 341 g/mol. The molecule has 0 amide bonds. The third-order valence-electron chi connectivity index (χ3n) is 4.65. The van der Waals surface area contributed by atoms with E-state index in [4.69, 9.17) is 0 Å². The lowest BCUT2D eigenvalue weighted by Gasteiger charge is -2.33. The molecule has 2 aromatic rings. The molecular weight excluding hydrogens is 310 g/mol. The molecule has 25 heavy (non-hydrogen) atoms. The van der Waals surface area contributed by atoms with E-state index in [1.807, 2.05) is 0 Å². The fourth-order valence-electron chi connectivity index (χ4n) is 3.52. The molecule has 0 radical (unpaired) electrons. The van der Waals surface area contributed by atoms with Crippen molar-refractivity contribution in [2.24, 2.45) is 5.92 Å². The summed E-state index contributed by atoms with van der Waals surface area (Å²) in [7, 11) is 0. The molecule has 0 saturated heterocycles. The van der Waals surface area contributed by atoms with Crippen molar-refractivity contribution in [3.05, 3.63) is 59.7 Å².